The highest BCUT2D eigenvalue weighted by atomic mass is 16.3. The first-order valence-electron chi connectivity index (χ1n) is 5.36. The van der Waals surface area contributed by atoms with Crippen molar-refractivity contribution in [2.24, 2.45) is 0 Å². The van der Waals surface area contributed by atoms with Crippen LogP contribution in [0.5, 0.6) is 0 Å². The first-order chi connectivity index (χ1) is 7.22. The molecule has 0 aromatic heterocycles. The lowest BCUT2D eigenvalue weighted by molar-refractivity contribution is 0.155. The Hall–Kier alpha value is -1.00. The van der Waals surface area contributed by atoms with Gasteiger partial charge in [-0.25, -0.2) is 0 Å². The molecule has 0 unspecified atom stereocenters. The molecule has 0 aromatic carbocycles. The van der Waals surface area contributed by atoms with Gasteiger partial charge in [0.05, 0.1) is 17.2 Å². The molecule has 90 valence electrons. The largest absolute Gasteiger partial charge is 0.390 e. The van der Waals surface area contributed by atoms with Crippen LogP contribution in [0.15, 0.2) is 0 Å². The van der Waals surface area contributed by atoms with Crippen molar-refractivity contribution in [2.75, 3.05) is 13.1 Å². The van der Waals surface area contributed by atoms with E-state index in [9.17, 15) is 5.11 Å². The van der Waals surface area contributed by atoms with Crippen molar-refractivity contribution in [3.8, 4) is 24.7 Å². The van der Waals surface area contributed by atoms with Gasteiger partial charge in [-0.15, -0.1) is 12.8 Å². The van der Waals surface area contributed by atoms with E-state index in [0.717, 1.165) is 0 Å². The Morgan fingerprint density at radius 2 is 1.31 bits per heavy atom. The minimum absolute atomic E-state index is 0.400. The summed E-state index contributed by atoms with van der Waals surface area (Å²) >= 11 is 0. The average molecular weight is 222 g/mol. The van der Waals surface area contributed by atoms with Crippen LogP contribution in [0.4, 0.5) is 0 Å². The topological polar surface area (TPSA) is 44.3 Å². The maximum absolute atomic E-state index is 9.70. The van der Waals surface area contributed by atoms with Gasteiger partial charge in [0.1, 0.15) is 0 Å². The Morgan fingerprint density at radius 3 is 1.56 bits per heavy atom. The highest BCUT2D eigenvalue weighted by Crippen LogP contribution is 2.00. The number of β-amino-alcohol motifs (C(OH)–C–C–N with tert-alkyl or cyclic N) is 1. The van der Waals surface area contributed by atoms with Gasteiger partial charge in [-0.3, -0.25) is 10.6 Å². The molecule has 0 saturated heterocycles. The van der Waals surface area contributed by atoms with Crippen molar-refractivity contribution in [3.05, 3.63) is 0 Å². The van der Waals surface area contributed by atoms with Crippen LogP contribution in [-0.4, -0.2) is 35.4 Å². The third-order valence-electron chi connectivity index (χ3n) is 2.28. The highest BCUT2D eigenvalue weighted by Gasteiger charge is 2.17. The molecular formula is C13H22N2O. The summed E-state index contributed by atoms with van der Waals surface area (Å²) < 4.78 is 0. The second-order valence-electron chi connectivity index (χ2n) is 4.95. The second-order valence-corrected chi connectivity index (χ2v) is 4.95. The van der Waals surface area contributed by atoms with Gasteiger partial charge in [0.2, 0.25) is 0 Å². The molecule has 0 rings (SSSR count). The summed E-state index contributed by atoms with van der Waals surface area (Å²) in [4.78, 5) is 0. The number of aliphatic hydroxyl groups excluding tert-OH is 1. The van der Waals surface area contributed by atoms with Crippen LogP contribution in [0, 0.1) is 24.7 Å². The zero-order valence-corrected chi connectivity index (χ0v) is 10.6. The fourth-order valence-electron chi connectivity index (χ4n) is 0.920. The van der Waals surface area contributed by atoms with E-state index < -0.39 is 17.2 Å². The molecule has 0 aliphatic carbocycles. The molecule has 0 spiro atoms. The van der Waals surface area contributed by atoms with Crippen LogP contribution in [-0.2, 0) is 0 Å². The molecule has 3 heteroatoms. The van der Waals surface area contributed by atoms with E-state index in [-0.39, 0.29) is 0 Å². The molecule has 0 saturated carbocycles. The number of hydrogen-bond acceptors (Lipinski definition) is 3. The molecule has 0 aliphatic rings. The molecule has 0 radical (unpaired) electrons. The Balaban J connectivity index is 3.91. The average Bonchev–Trinajstić information content (AvgIpc) is 2.24. The van der Waals surface area contributed by atoms with Crippen molar-refractivity contribution < 1.29 is 5.11 Å². The van der Waals surface area contributed by atoms with Crippen LogP contribution in [0.1, 0.15) is 27.7 Å². The first-order valence-corrected chi connectivity index (χ1v) is 5.36. The normalized spacial score (nSPS) is 12.2. The lowest BCUT2D eigenvalue weighted by Gasteiger charge is -2.25. The number of aliphatic hydroxyl groups is 1. The van der Waals surface area contributed by atoms with Crippen molar-refractivity contribution >= 4 is 0 Å². The van der Waals surface area contributed by atoms with Gasteiger partial charge in [-0.1, -0.05) is 11.8 Å². The summed E-state index contributed by atoms with van der Waals surface area (Å²) in [6.07, 6.45) is 10.1. The Labute approximate surface area is 99.0 Å². The molecule has 0 heterocycles. The van der Waals surface area contributed by atoms with Gasteiger partial charge < -0.3 is 5.11 Å². The van der Waals surface area contributed by atoms with Gasteiger partial charge in [-0.2, -0.15) is 0 Å². The second kappa shape index (κ2) is 5.92. The predicted octanol–water partition coefficient (Wildman–Crippen LogP) is 0.350. The third kappa shape index (κ3) is 6.48. The van der Waals surface area contributed by atoms with Crippen LogP contribution in [0.25, 0.3) is 0 Å². The minimum atomic E-state index is -0.514. The molecule has 0 aliphatic heterocycles. The summed E-state index contributed by atoms with van der Waals surface area (Å²) in [5.41, 5.74) is -0.800. The fraction of sp³-hybridized carbons (Fsp3) is 0.692. The summed E-state index contributed by atoms with van der Waals surface area (Å²) in [5, 5.41) is 15.9. The molecule has 0 bridgehead atoms. The SMILES string of the molecule is C#CC(C)(C)NCC(O)CNC(C)(C)C#C. The number of hydrogen-bond donors (Lipinski definition) is 3. The fourth-order valence-corrected chi connectivity index (χ4v) is 0.920. The number of rotatable bonds is 6. The zero-order valence-electron chi connectivity index (χ0n) is 10.6. The lowest BCUT2D eigenvalue weighted by atomic mass is 10.1. The molecular weight excluding hydrogens is 200 g/mol. The highest BCUT2D eigenvalue weighted by molar-refractivity contribution is 5.08. The maximum Gasteiger partial charge on any atom is 0.0789 e. The Bertz CT molecular complexity index is 264. The van der Waals surface area contributed by atoms with Crippen LogP contribution < -0.4 is 10.6 Å². The Morgan fingerprint density at radius 1 is 1.00 bits per heavy atom. The number of terminal acetylenes is 2. The van der Waals surface area contributed by atoms with E-state index in [1.165, 1.54) is 0 Å². The zero-order chi connectivity index (χ0) is 12.8. The van der Waals surface area contributed by atoms with Crippen LogP contribution >= 0.6 is 0 Å². The lowest BCUT2D eigenvalue weighted by Crippen LogP contribution is -2.48. The monoisotopic (exact) mass is 222 g/mol. The van der Waals surface area contributed by atoms with E-state index in [0.29, 0.717) is 13.1 Å². The standard InChI is InChI=1S/C13H22N2O/c1-7-12(3,4)14-9-11(16)10-15-13(5,6)8-2/h1-2,11,14-16H,9-10H2,3-6H3. The molecule has 3 N–H and O–H groups in total. The predicted molar refractivity (Wildman–Crippen MR) is 67.8 cm³/mol. The summed E-state index contributed by atoms with van der Waals surface area (Å²) in [7, 11) is 0. The quantitative estimate of drug-likeness (QED) is 0.568. The minimum Gasteiger partial charge on any atom is -0.390 e. The van der Waals surface area contributed by atoms with Gasteiger partial charge in [0.15, 0.2) is 0 Å². The van der Waals surface area contributed by atoms with E-state index in [4.69, 9.17) is 12.8 Å². The molecule has 0 aromatic rings. The molecule has 3 nitrogen and oxygen atoms in total. The summed E-state index contributed by atoms with van der Waals surface area (Å²) in [6.45, 7) is 8.42. The van der Waals surface area contributed by atoms with Crippen molar-refractivity contribution in [1.82, 2.24) is 10.6 Å². The van der Waals surface area contributed by atoms with Crippen molar-refractivity contribution in [3.63, 3.8) is 0 Å². The smallest absolute Gasteiger partial charge is 0.0789 e. The van der Waals surface area contributed by atoms with E-state index >= 15 is 0 Å². The van der Waals surface area contributed by atoms with E-state index in [1.807, 2.05) is 27.7 Å². The third-order valence-corrected chi connectivity index (χ3v) is 2.28. The van der Waals surface area contributed by atoms with Gasteiger partial charge >= 0.3 is 0 Å². The van der Waals surface area contributed by atoms with Gasteiger partial charge in [-0.05, 0) is 27.7 Å². The number of nitrogens with one attached hydrogen (secondary N) is 2. The van der Waals surface area contributed by atoms with Crippen LogP contribution in [0.3, 0.4) is 0 Å². The Kier molecular flexibility index (Phi) is 5.55. The van der Waals surface area contributed by atoms with Gasteiger partial charge in [0.25, 0.3) is 0 Å². The van der Waals surface area contributed by atoms with Gasteiger partial charge in [0, 0.05) is 13.1 Å². The van der Waals surface area contributed by atoms with E-state index in [2.05, 4.69) is 22.5 Å². The van der Waals surface area contributed by atoms with E-state index in [1.54, 1.807) is 0 Å². The molecule has 0 fully saturated rings. The molecule has 16 heavy (non-hydrogen) atoms. The van der Waals surface area contributed by atoms with Crippen molar-refractivity contribution in [2.45, 2.75) is 44.9 Å². The maximum atomic E-state index is 9.70. The molecule has 0 atom stereocenters. The van der Waals surface area contributed by atoms with Crippen LogP contribution in [0.2, 0.25) is 0 Å². The molecule has 0 amide bonds. The summed E-state index contributed by atoms with van der Waals surface area (Å²) in [6, 6.07) is 0. The summed E-state index contributed by atoms with van der Waals surface area (Å²) in [5.74, 6) is 5.21. The van der Waals surface area contributed by atoms with Crippen molar-refractivity contribution in [1.29, 1.82) is 0 Å². The first kappa shape index (κ1) is 15.0.